The lowest BCUT2D eigenvalue weighted by Crippen LogP contribution is -2.42. The highest BCUT2D eigenvalue weighted by molar-refractivity contribution is 5.81. The molecule has 1 unspecified atom stereocenters. The third-order valence-corrected chi connectivity index (χ3v) is 3.49. The smallest absolute Gasteiger partial charge is 0.260 e. The predicted molar refractivity (Wildman–Crippen MR) is 81.7 cm³/mol. The summed E-state index contributed by atoms with van der Waals surface area (Å²) in [6, 6.07) is 6.04. The van der Waals surface area contributed by atoms with Crippen LogP contribution in [0.5, 0.6) is 5.75 Å². The standard InChI is InChI=1S/C16H26N2O2/c1-5-14(6-2)18-16(19)12(4)20-15-9-13(10-17)8-7-11(15)3/h7-9,12,14H,5-6,10,17H2,1-4H3,(H,18,19). The molecule has 4 heteroatoms. The summed E-state index contributed by atoms with van der Waals surface area (Å²) in [4.78, 5) is 12.1. The van der Waals surface area contributed by atoms with Crippen LogP contribution in [0, 0.1) is 6.92 Å². The van der Waals surface area contributed by atoms with Gasteiger partial charge in [-0.15, -0.1) is 0 Å². The Kier molecular flexibility index (Phi) is 6.52. The molecule has 0 fully saturated rings. The number of aryl methyl sites for hydroxylation is 1. The van der Waals surface area contributed by atoms with Crippen LogP contribution >= 0.6 is 0 Å². The minimum Gasteiger partial charge on any atom is -0.481 e. The maximum absolute atomic E-state index is 12.1. The lowest BCUT2D eigenvalue weighted by atomic mass is 10.1. The van der Waals surface area contributed by atoms with Gasteiger partial charge in [0.15, 0.2) is 6.10 Å². The van der Waals surface area contributed by atoms with Crippen molar-refractivity contribution in [3.8, 4) is 5.75 Å². The normalized spacial score (nSPS) is 12.3. The molecule has 1 aromatic carbocycles. The topological polar surface area (TPSA) is 64.3 Å². The zero-order chi connectivity index (χ0) is 15.1. The molecular formula is C16H26N2O2. The average Bonchev–Trinajstić information content (AvgIpc) is 2.46. The monoisotopic (exact) mass is 278 g/mol. The van der Waals surface area contributed by atoms with Gasteiger partial charge in [0.05, 0.1) is 0 Å². The minimum atomic E-state index is -0.512. The van der Waals surface area contributed by atoms with Gasteiger partial charge in [0.2, 0.25) is 0 Å². The van der Waals surface area contributed by atoms with Crippen molar-refractivity contribution in [2.45, 2.75) is 59.2 Å². The molecule has 4 nitrogen and oxygen atoms in total. The van der Waals surface area contributed by atoms with E-state index in [1.165, 1.54) is 0 Å². The van der Waals surface area contributed by atoms with Gasteiger partial charge in [-0.25, -0.2) is 0 Å². The highest BCUT2D eigenvalue weighted by atomic mass is 16.5. The van der Waals surface area contributed by atoms with Crippen molar-refractivity contribution in [2.24, 2.45) is 5.73 Å². The van der Waals surface area contributed by atoms with Crippen LogP contribution in [0.15, 0.2) is 18.2 Å². The van der Waals surface area contributed by atoms with E-state index in [1.54, 1.807) is 6.92 Å². The highest BCUT2D eigenvalue weighted by Crippen LogP contribution is 2.20. The second kappa shape index (κ2) is 7.90. The van der Waals surface area contributed by atoms with E-state index in [4.69, 9.17) is 10.5 Å². The zero-order valence-corrected chi connectivity index (χ0v) is 12.9. The van der Waals surface area contributed by atoms with E-state index in [0.29, 0.717) is 6.54 Å². The van der Waals surface area contributed by atoms with Crippen LogP contribution in [-0.2, 0) is 11.3 Å². The first kappa shape index (κ1) is 16.5. The second-order valence-electron chi connectivity index (χ2n) is 5.09. The molecule has 0 aromatic heterocycles. The highest BCUT2D eigenvalue weighted by Gasteiger charge is 2.18. The Hall–Kier alpha value is -1.55. The number of rotatable bonds is 7. The lowest BCUT2D eigenvalue weighted by molar-refractivity contribution is -0.128. The molecule has 1 aromatic rings. The fraction of sp³-hybridized carbons (Fsp3) is 0.562. The third-order valence-electron chi connectivity index (χ3n) is 3.49. The molecule has 1 rings (SSSR count). The fourth-order valence-electron chi connectivity index (χ4n) is 1.95. The molecule has 0 heterocycles. The maximum Gasteiger partial charge on any atom is 0.260 e. The van der Waals surface area contributed by atoms with Gasteiger partial charge in [0.25, 0.3) is 5.91 Å². The van der Waals surface area contributed by atoms with Gasteiger partial charge < -0.3 is 15.8 Å². The van der Waals surface area contributed by atoms with Crippen molar-refractivity contribution in [2.75, 3.05) is 0 Å². The maximum atomic E-state index is 12.1. The number of carbonyl (C=O) groups is 1. The summed E-state index contributed by atoms with van der Waals surface area (Å²) in [7, 11) is 0. The molecule has 1 amide bonds. The molecular weight excluding hydrogens is 252 g/mol. The lowest BCUT2D eigenvalue weighted by Gasteiger charge is -2.20. The molecule has 0 aliphatic heterocycles. The van der Waals surface area contributed by atoms with E-state index in [0.717, 1.165) is 29.7 Å². The Labute approximate surface area is 121 Å². The van der Waals surface area contributed by atoms with Crippen LogP contribution in [0.2, 0.25) is 0 Å². The van der Waals surface area contributed by atoms with Crippen LogP contribution in [0.4, 0.5) is 0 Å². The van der Waals surface area contributed by atoms with E-state index in [1.807, 2.05) is 25.1 Å². The Morgan fingerprint density at radius 3 is 2.55 bits per heavy atom. The van der Waals surface area contributed by atoms with E-state index < -0.39 is 6.10 Å². The largest absolute Gasteiger partial charge is 0.481 e. The molecule has 0 spiro atoms. The molecule has 1 atom stereocenters. The Morgan fingerprint density at radius 1 is 1.35 bits per heavy atom. The van der Waals surface area contributed by atoms with Crippen molar-refractivity contribution in [3.63, 3.8) is 0 Å². The van der Waals surface area contributed by atoms with Gasteiger partial charge in [-0.2, -0.15) is 0 Å². The number of carbonyl (C=O) groups excluding carboxylic acids is 1. The summed E-state index contributed by atoms with van der Waals surface area (Å²) < 4.78 is 5.77. The quantitative estimate of drug-likeness (QED) is 0.805. The molecule has 0 saturated heterocycles. The number of nitrogens with two attached hydrogens (primary N) is 1. The van der Waals surface area contributed by atoms with Crippen LogP contribution in [0.3, 0.4) is 0 Å². The molecule has 0 aliphatic carbocycles. The molecule has 3 N–H and O–H groups in total. The van der Waals surface area contributed by atoms with Crippen molar-refractivity contribution in [1.82, 2.24) is 5.32 Å². The minimum absolute atomic E-state index is 0.0729. The summed E-state index contributed by atoms with van der Waals surface area (Å²) in [5.41, 5.74) is 7.63. The van der Waals surface area contributed by atoms with Gasteiger partial charge in [-0.1, -0.05) is 26.0 Å². The Morgan fingerprint density at radius 2 is 2.00 bits per heavy atom. The summed E-state index contributed by atoms with van der Waals surface area (Å²) in [6.07, 6.45) is 1.34. The van der Waals surface area contributed by atoms with E-state index in [9.17, 15) is 4.79 Å². The first-order chi connectivity index (χ1) is 9.51. The van der Waals surface area contributed by atoms with Gasteiger partial charge >= 0.3 is 0 Å². The number of ether oxygens (including phenoxy) is 1. The van der Waals surface area contributed by atoms with Crippen LogP contribution in [0.1, 0.15) is 44.7 Å². The van der Waals surface area contributed by atoms with Crippen LogP contribution in [-0.4, -0.2) is 18.1 Å². The Balaban J connectivity index is 2.70. The first-order valence-corrected chi connectivity index (χ1v) is 7.28. The van der Waals surface area contributed by atoms with E-state index >= 15 is 0 Å². The number of hydrogen-bond acceptors (Lipinski definition) is 3. The molecule has 20 heavy (non-hydrogen) atoms. The van der Waals surface area contributed by atoms with Crippen molar-refractivity contribution in [3.05, 3.63) is 29.3 Å². The molecule has 0 radical (unpaired) electrons. The number of hydrogen-bond donors (Lipinski definition) is 2. The number of benzene rings is 1. The summed E-state index contributed by atoms with van der Waals surface area (Å²) >= 11 is 0. The van der Waals surface area contributed by atoms with Crippen LogP contribution in [0.25, 0.3) is 0 Å². The van der Waals surface area contributed by atoms with E-state index in [2.05, 4.69) is 19.2 Å². The number of amides is 1. The first-order valence-electron chi connectivity index (χ1n) is 7.28. The van der Waals surface area contributed by atoms with Gasteiger partial charge in [-0.05, 0) is 43.9 Å². The SMILES string of the molecule is CCC(CC)NC(=O)C(C)Oc1cc(CN)ccc1C. The third kappa shape index (κ3) is 4.53. The van der Waals surface area contributed by atoms with E-state index in [-0.39, 0.29) is 11.9 Å². The fourth-order valence-corrected chi connectivity index (χ4v) is 1.95. The van der Waals surface area contributed by atoms with Gasteiger partial charge in [0, 0.05) is 12.6 Å². The Bertz CT molecular complexity index is 442. The van der Waals surface area contributed by atoms with Crippen molar-refractivity contribution < 1.29 is 9.53 Å². The zero-order valence-electron chi connectivity index (χ0n) is 12.9. The average molecular weight is 278 g/mol. The summed E-state index contributed by atoms with van der Waals surface area (Å²) in [6.45, 7) is 8.32. The summed E-state index contributed by atoms with van der Waals surface area (Å²) in [5, 5.41) is 3.00. The second-order valence-corrected chi connectivity index (χ2v) is 5.09. The molecule has 0 aliphatic rings. The predicted octanol–water partition coefficient (Wildman–Crippen LogP) is 2.53. The number of nitrogens with one attached hydrogen (secondary N) is 1. The van der Waals surface area contributed by atoms with Crippen LogP contribution < -0.4 is 15.8 Å². The van der Waals surface area contributed by atoms with Gasteiger partial charge in [-0.3, -0.25) is 4.79 Å². The molecule has 0 saturated carbocycles. The van der Waals surface area contributed by atoms with Crippen molar-refractivity contribution >= 4 is 5.91 Å². The summed E-state index contributed by atoms with van der Waals surface area (Å²) in [5.74, 6) is 0.649. The van der Waals surface area contributed by atoms with Crippen molar-refractivity contribution in [1.29, 1.82) is 0 Å². The molecule has 0 bridgehead atoms. The van der Waals surface area contributed by atoms with Gasteiger partial charge in [0.1, 0.15) is 5.75 Å². The molecule has 112 valence electrons.